The molecule has 1 heterocycles. The average Bonchev–Trinajstić information content (AvgIpc) is 2.55. The number of carbonyl (C=O) groups is 2. The summed E-state index contributed by atoms with van der Waals surface area (Å²) in [7, 11) is 0. The van der Waals surface area contributed by atoms with Gasteiger partial charge in [0.05, 0.1) is 12.2 Å². The number of esters is 1. The van der Waals surface area contributed by atoms with E-state index in [2.05, 4.69) is 15.3 Å². The lowest BCUT2D eigenvalue weighted by molar-refractivity contribution is -0.129. The third-order valence-electron chi connectivity index (χ3n) is 3.21. The van der Waals surface area contributed by atoms with Crippen molar-refractivity contribution >= 4 is 35.1 Å². The van der Waals surface area contributed by atoms with Gasteiger partial charge in [-0.05, 0) is 31.5 Å². The Kier molecular flexibility index (Phi) is 6.11. The number of ether oxygens (including phenoxy) is 1. The fraction of sp³-hybridized carbons (Fsp3) is 0.250. The summed E-state index contributed by atoms with van der Waals surface area (Å²) in [5.41, 5.74) is 0.743. The van der Waals surface area contributed by atoms with Gasteiger partial charge in [-0.2, -0.15) is 0 Å². The Morgan fingerprint density at radius 1 is 1.21 bits per heavy atom. The molecule has 0 aliphatic carbocycles. The summed E-state index contributed by atoms with van der Waals surface area (Å²) >= 11 is 12.0. The summed E-state index contributed by atoms with van der Waals surface area (Å²) < 4.78 is 5.08. The van der Waals surface area contributed by atoms with Crippen LogP contribution in [-0.2, 0) is 9.53 Å². The summed E-state index contributed by atoms with van der Waals surface area (Å²) in [5.74, 6) is -1.17. The second-order valence-corrected chi connectivity index (χ2v) is 5.88. The first-order chi connectivity index (χ1) is 11.4. The van der Waals surface area contributed by atoms with Crippen LogP contribution in [0.25, 0.3) is 0 Å². The zero-order chi connectivity index (χ0) is 17.7. The molecular weight excluding hydrogens is 353 g/mol. The SMILES string of the molecule is C[C@H](OC(=O)c1cnccn1)C(=O)N[C@@H](C)c1ccc(Cl)cc1Cl. The second-order valence-electron chi connectivity index (χ2n) is 5.03. The Labute approximate surface area is 149 Å². The van der Waals surface area contributed by atoms with Crippen LogP contribution in [0.2, 0.25) is 10.0 Å². The highest BCUT2D eigenvalue weighted by molar-refractivity contribution is 6.35. The van der Waals surface area contributed by atoms with Crippen molar-refractivity contribution < 1.29 is 14.3 Å². The predicted molar refractivity (Wildman–Crippen MR) is 89.9 cm³/mol. The molecule has 1 amide bonds. The first kappa shape index (κ1) is 18.2. The first-order valence-electron chi connectivity index (χ1n) is 7.11. The standard InChI is InChI=1S/C16H15Cl2N3O3/c1-9(12-4-3-11(17)7-13(12)18)21-15(22)10(2)24-16(23)14-8-19-5-6-20-14/h3-10H,1-2H3,(H,21,22)/t9-,10-/m0/s1. The molecule has 0 aliphatic heterocycles. The quantitative estimate of drug-likeness (QED) is 0.820. The number of halogens is 2. The molecule has 6 nitrogen and oxygen atoms in total. The molecule has 0 saturated heterocycles. The molecule has 126 valence electrons. The van der Waals surface area contributed by atoms with E-state index in [1.807, 2.05) is 0 Å². The molecular formula is C16H15Cl2N3O3. The van der Waals surface area contributed by atoms with E-state index in [1.165, 1.54) is 25.5 Å². The van der Waals surface area contributed by atoms with Gasteiger partial charge in [0.15, 0.2) is 11.8 Å². The Morgan fingerprint density at radius 3 is 2.58 bits per heavy atom. The molecule has 1 aromatic carbocycles. The maximum atomic E-state index is 12.2. The van der Waals surface area contributed by atoms with Gasteiger partial charge in [0.2, 0.25) is 0 Å². The van der Waals surface area contributed by atoms with Crippen LogP contribution >= 0.6 is 23.2 Å². The Morgan fingerprint density at radius 2 is 1.96 bits per heavy atom. The lowest BCUT2D eigenvalue weighted by Crippen LogP contribution is -2.37. The monoisotopic (exact) mass is 367 g/mol. The maximum Gasteiger partial charge on any atom is 0.359 e. The Bertz CT molecular complexity index is 741. The number of hydrogen-bond acceptors (Lipinski definition) is 5. The van der Waals surface area contributed by atoms with Crippen LogP contribution in [-0.4, -0.2) is 27.9 Å². The molecule has 2 atom stereocenters. The number of hydrogen-bond donors (Lipinski definition) is 1. The minimum Gasteiger partial charge on any atom is -0.448 e. The lowest BCUT2D eigenvalue weighted by atomic mass is 10.1. The number of amides is 1. The van der Waals surface area contributed by atoms with Gasteiger partial charge in [0, 0.05) is 22.4 Å². The molecule has 1 N–H and O–H groups in total. The summed E-state index contributed by atoms with van der Waals surface area (Å²) in [5, 5.41) is 3.69. The minimum absolute atomic E-state index is 0.0333. The molecule has 24 heavy (non-hydrogen) atoms. The largest absolute Gasteiger partial charge is 0.448 e. The maximum absolute atomic E-state index is 12.2. The van der Waals surface area contributed by atoms with Crippen molar-refractivity contribution in [1.82, 2.24) is 15.3 Å². The van der Waals surface area contributed by atoms with E-state index in [0.717, 1.165) is 0 Å². The minimum atomic E-state index is -0.993. The van der Waals surface area contributed by atoms with Crippen molar-refractivity contribution in [2.75, 3.05) is 0 Å². The topological polar surface area (TPSA) is 81.2 Å². The van der Waals surface area contributed by atoms with Gasteiger partial charge in [0.1, 0.15) is 0 Å². The van der Waals surface area contributed by atoms with Gasteiger partial charge in [-0.25, -0.2) is 9.78 Å². The van der Waals surface area contributed by atoms with Crippen molar-refractivity contribution in [3.8, 4) is 0 Å². The summed E-state index contributed by atoms with van der Waals surface area (Å²) in [6.07, 6.45) is 3.08. The van der Waals surface area contributed by atoms with Crippen LogP contribution in [0.3, 0.4) is 0 Å². The van der Waals surface area contributed by atoms with E-state index < -0.39 is 18.0 Å². The third kappa shape index (κ3) is 4.66. The van der Waals surface area contributed by atoms with Crippen molar-refractivity contribution in [3.05, 3.63) is 58.1 Å². The number of carbonyl (C=O) groups excluding carboxylic acids is 2. The van der Waals surface area contributed by atoms with Crippen molar-refractivity contribution in [2.45, 2.75) is 26.0 Å². The molecule has 2 rings (SSSR count). The summed E-state index contributed by atoms with van der Waals surface area (Å²) in [6.45, 7) is 3.24. The van der Waals surface area contributed by atoms with Gasteiger partial charge in [0.25, 0.3) is 5.91 Å². The lowest BCUT2D eigenvalue weighted by Gasteiger charge is -2.19. The molecule has 0 unspecified atom stereocenters. The fourth-order valence-electron chi connectivity index (χ4n) is 1.94. The zero-order valence-corrected chi connectivity index (χ0v) is 14.5. The van der Waals surface area contributed by atoms with Crippen LogP contribution in [0.4, 0.5) is 0 Å². The molecule has 0 aliphatic rings. The smallest absolute Gasteiger partial charge is 0.359 e. The van der Waals surface area contributed by atoms with Gasteiger partial charge in [-0.3, -0.25) is 9.78 Å². The number of benzene rings is 1. The number of nitrogens with one attached hydrogen (secondary N) is 1. The van der Waals surface area contributed by atoms with E-state index in [9.17, 15) is 9.59 Å². The Balaban J connectivity index is 1.97. The highest BCUT2D eigenvalue weighted by atomic mass is 35.5. The average molecular weight is 368 g/mol. The molecule has 0 bridgehead atoms. The fourth-order valence-corrected chi connectivity index (χ4v) is 2.51. The van der Waals surface area contributed by atoms with Crippen molar-refractivity contribution in [2.24, 2.45) is 0 Å². The van der Waals surface area contributed by atoms with E-state index in [-0.39, 0.29) is 11.7 Å². The van der Waals surface area contributed by atoms with Crippen LogP contribution in [0, 0.1) is 0 Å². The summed E-state index contributed by atoms with van der Waals surface area (Å²) in [4.78, 5) is 31.6. The number of aromatic nitrogens is 2. The third-order valence-corrected chi connectivity index (χ3v) is 3.78. The van der Waals surface area contributed by atoms with Crippen LogP contribution in [0.15, 0.2) is 36.8 Å². The normalized spacial score (nSPS) is 13.0. The highest BCUT2D eigenvalue weighted by Crippen LogP contribution is 2.26. The van der Waals surface area contributed by atoms with E-state index in [0.29, 0.717) is 15.6 Å². The van der Waals surface area contributed by atoms with Crippen molar-refractivity contribution in [3.63, 3.8) is 0 Å². The van der Waals surface area contributed by atoms with E-state index in [4.69, 9.17) is 27.9 Å². The predicted octanol–water partition coefficient (Wildman–Crippen LogP) is 3.21. The first-order valence-corrected chi connectivity index (χ1v) is 7.86. The Hall–Kier alpha value is -2.18. The molecule has 0 radical (unpaired) electrons. The molecule has 0 fully saturated rings. The van der Waals surface area contributed by atoms with Crippen LogP contribution in [0.1, 0.15) is 35.9 Å². The zero-order valence-electron chi connectivity index (χ0n) is 13.0. The van der Waals surface area contributed by atoms with E-state index >= 15 is 0 Å². The number of rotatable bonds is 5. The van der Waals surface area contributed by atoms with Gasteiger partial charge < -0.3 is 10.1 Å². The molecule has 1 aromatic heterocycles. The molecule has 0 saturated carbocycles. The second kappa shape index (κ2) is 8.08. The molecule has 0 spiro atoms. The van der Waals surface area contributed by atoms with Crippen LogP contribution < -0.4 is 5.32 Å². The highest BCUT2D eigenvalue weighted by Gasteiger charge is 2.22. The van der Waals surface area contributed by atoms with Crippen molar-refractivity contribution in [1.29, 1.82) is 0 Å². The molecule has 8 heteroatoms. The number of nitrogens with zero attached hydrogens (tertiary/aromatic N) is 2. The van der Waals surface area contributed by atoms with Gasteiger partial charge in [-0.15, -0.1) is 0 Å². The summed E-state index contributed by atoms with van der Waals surface area (Å²) in [6, 6.07) is 4.63. The van der Waals surface area contributed by atoms with Gasteiger partial charge in [-0.1, -0.05) is 29.3 Å². The molecule has 2 aromatic rings. The van der Waals surface area contributed by atoms with Crippen LogP contribution in [0.5, 0.6) is 0 Å². The van der Waals surface area contributed by atoms with E-state index in [1.54, 1.807) is 25.1 Å². The van der Waals surface area contributed by atoms with Gasteiger partial charge >= 0.3 is 5.97 Å².